The minimum Gasteiger partial charge on any atom is -0.376 e. The first kappa shape index (κ1) is 19.7. The van der Waals surface area contributed by atoms with Gasteiger partial charge in [-0.1, -0.05) is 23.2 Å². The van der Waals surface area contributed by atoms with Crippen molar-refractivity contribution in [3.8, 4) is 0 Å². The molecule has 0 fully saturated rings. The van der Waals surface area contributed by atoms with Crippen LogP contribution >= 0.6 is 23.2 Å². The highest BCUT2D eigenvalue weighted by Gasteiger charge is 2.58. The van der Waals surface area contributed by atoms with Gasteiger partial charge in [-0.15, -0.1) is 0 Å². The van der Waals surface area contributed by atoms with Crippen molar-refractivity contribution < 1.29 is 23.1 Å². The van der Waals surface area contributed by atoms with Crippen LogP contribution in [0.25, 0.3) is 0 Å². The third-order valence-corrected chi connectivity index (χ3v) is 4.95. The van der Waals surface area contributed by atoms with Crippen LogP contribution in [0.4, 0.5) is 23.7 Å². The molecule has 1 aliphatic rings. The van der Waals surface area contributed by atoms with Crippen molar-refractivity contribution in [3.05, 3.63) is 51.5 Å². The lowest BCUT2D eigenvalue weighted by atomic mass is 9.95. The van der Waals surface area contributed by atoms with E-state index in [1.54, 1.807) is 6.07 Å². The molecule has 144 valence electrons. The maximum atomic E-state index is 13.2. The number of anilines is 1. The van der Waals surface area contributed by atoms with Crippen molar-refractivity contribution in [1.82, 2.24) is 15.3 Å². The maximum Gasteiger partial charge on any atom is 0.421 e. The molecule has 1 heterocycles. The van der Waals surface area contributed by atoms with Crippen LogP contribution in [0.2, 0.25) is 10.0 Å². The average molecular weight is 421 g/mol. The number of aliphatic hydroxyl groups is 1. The molecule has 1 aromatic heterocycles. The highest BCUT2D eigenvalue weighted by molar-refractivity contribution is 6.40. The van der Waals surface area contributed by atoms with Crippen LogP contribution in [0.5, 0.6) is 0 Å². The molecule has 1 aromatic carbocycles. The molecular formula is C16H13Cl2F3N4O2. The molecule has 0 spiro atoms. The molecule has 0 saturated heterocycles. The van der Waals surface area contributed by atoms with E-state index in [1.165, 1.54) is 12.4 Å². The zero-order valence-electron chi connectivity index (χ0n) is 13.6. The summed E-state index contributed by atoms with van der Waals surface area (Å²) in [5.41, 5.74) is -3.34. The molecule has 0 aliphatic heterocycles. The summed E-state index contributed by atoms with van der Waals surface area (Å²) in [6.07, 6.45) is -2.51. The summed E-state index contributed by atoms with van der Waals surface area (Å²) in [7, 11) is 0. The Morgan fingerprint density at radius 2 is 1.96 bits per heavy atom. The highest BCUT2D eigenvalue weighted by atomic mass is 35.5. The van der Waals surface area contributed by atoms with Gasteiger partial charge in [0, 0.05) is 12.4 Å². The lowest BCUT2D eigenvalue weighted by Crippen LogP contribution is -2.40. The van der Waals surface area contributed by atoms with Gasteiger partial charge in [-0.3, -0.25) is 0 Å². The normalized spacial score (nSPS) is 18.9. The van der Waals surface area contributed by atoms with E-state index in [1.807, 2.05) is 0 Å². The van der Waals surface area contributed by atoms with E-state index in [4.69, 9.17) is 23.2 Å². The molecule has 2 aromatic rings. The SMILES string of the molecule is O=C(NCc1ncccn1)Nc1c(Cl)cc2c(c1Cl)CCC2(O)C(F)(F)F. The van der Waals surface area contributed by atoms with Gasteiger partial charge >= 0.3 is 12.2 Å². The second kappa shape index (κ2) is 7.14. The molecule has 6 nitrogen and oxygen atoms in total. The van der Waals surface area contributed by atoms with Gasteiger partial charge in [0.2, 0.25) is 0 Å². The van der Waals surface area contributed by atoms with Crippen molar-refractivity contribution >= 4 is 34.9 Å². The van der Waals surface area contributed by atoms with Crippen molar-refractivity contribution in [3.63, 3.8) is 0 Å². The fraction of sp³-hybridized carbons (Fsp3) is 0.312. The summed E-state index contributed by atoms with van der Waals surface area (Å²) < 4.78 is 39.7. The van der Waals surface area contributed by atoms with Crippen LogP contribution in [0.1, 0.15) is 23.4 Å². The van der Waals surface area contributed by atoms with E-state index in [0.29, 0.717) is 5.82 Å². The van der Waals surface area contributed by atoms with Crippen molar-refractivity contribution in [2.24, 2.45) is 0 Å². The third kappa shape index (κ3) is 3.67. The zero-order valence-corrected chi connectivity index (χ0v) is 15.1. The van der Waals surface area contributed by atoms with E-state index in [-0.39, 0.29) is 34.3 Å². The van der Waals surface area contributed by atoms with E-state index >= 15 is 0 Å². The van der Waals surface area contributed by atoms with E-state index in [0.717, 1.165) is 6.07 Å². The van der Waals surface area contributed by atoms with Gasteiger partial charge in [0.15, 0.2) is 5.60 Å². The number of hydrogen-bond acceptors (Lipinski definition) is 4. The number of nitrogens with one attached hydrogen (secondary N) is 2. The summed E-state index contributed by atoms with van der Waals surface area (Å²) in [6.45, 7) is 0.0284. The molecule has 0 radical (unpaired) electrons. The monoisotopic (exact) mass is 420 g/mol. The molecule has 11 heteroatoms. The number of rotatable bonds is 3. The van der Waals surface area contributed by atoms with E-state index in [2.05, 4.69) is 20.6 Å². The number of nitrogens with zero attached hydrogens (tertiary/aromatic N) is 2. The van der Waals surface area contributed by atoms with Gasteiger partial charge in [0.25, 0.3) is 0 Å². The van der Waals surface area contributed by atoms with Crippen LogP contribution < -0.4 is 10.6 Å². The van der Waals surface area contributed by atoms with Crippen LogP contribution in [0, 0.1) is 0 Å². The summed E-state index contributed by atoms with van der Waals surface area (Å²) in [5, 5.41) is 14.6. The summed E-state index contributed by atoms with van der Waals surface area (Å²) in [5.74, 6) is 0.369. The minimum atomic E-state index is -4.87. The molecule has 1 unspecified atom stereocenters. The summed E-state index contributed by atoms with van der Waals surface area (Å²) in [6, 6.07) is 1.92. The number of halogens is 5. The predicted molar refractivity (Wildman–Crippen MR) is 92.6 cm³/mol. The maximum absolute atomic E-state index is 13.2. The predicted octanol–water partition coefficient (Wildman–Crippen LogP) is 3.80. The standard InChI is InChI=1S/C16H13Cl2F3N4O2/c17-10-6-9-8(2-3-15(9,27)16(19,20)21)12(18)13(10)25-14(26)24-7-11-22-4-1-5-23-11/h1,4-6,27H,2-3,7H2,(H2,24,25,26). The zero-order chi connectivity index (χ0) is 19.8. The molecule has 3 rings (SSSR count). The Kier molecular flexibility index (Phi) is 5.20. The Morgan fingerprint density at radius 1 is 1.30 bits per heavy atom. The molecule has 0 bridgehead atoms. The van der Waals surface area contributed by atoms with Gasteiger partial charge < -0.3 is 15.7 Å². The fourth-order valence-corrected chi connectivity index (χ4v) is 3.51. The number of carbonyl (C=O) groups excluding carboxylic acids is 1. The molecule has 27 heavy (non-hydrogen) atoms. The second-order valence-electron chi connectivity index (χ2n) is 5.90. The smallest absolute Gasteiger partial charge is 0.376 e. The van der Waals surface area contributed by atoms with Gasteiger partial charge in [-0.05, 0) is 36.1 Å². The number of fused-ring (bicyclic) bond motifs is 1. The van der Waals surface area contributed by atoms with Crippen LogP contribution in [0.3, 0.4) is 0 Å². The number of amides is 2. The number of urea groups is 1. The first-order valence-electron chi connectivity index (χ1n) is 7.74. The largest absolute Gasteiger partial charge is 0.421 e. The van der Waals surface area contributed by atoms with E-state index in [9.17, 15) is 23.1 Å². The van der Waals surface area contributed by atoms with Crippen LogP contribution in [-0.4, -0.2) is 27.3 Å². The number of alkyl halides is 3. The van der Waals surface area contributed by atoms with Crippen molar-refractivity contribution in [2.45, 2.75) is 31.2 Å². The quantitative estimate of drug-likeness (QED) is 0.704. The van der Waals surface area contributed by atoms with Crippen LogP contribution in [0.15, 0.2) is 24.5 Å². The summed E-state index contributed by atoms with van der Waals surface area (Å²) in [4.78, 5) is 19.9. The molecule has 1 atom stereocenters. The minimum absolute atomic E-state index is 0.0284. The second-order valence-corrected chi connectivity index (χ2v) is 6.69. The lowest BCUT2D eigenvalue weighted by Gasteiger charge is -2.27. The molecule has 0 saturated carbocycles. The lowest BCUT2D eigenvalue weighted by molar-refractivity contribution is -0.265. The Morgan fingerprint density at radius 3 is 2.59 bits per heavy atom. The van der Waals surface area contributed by atoms with Gasteiger partial charge in [0.1, 0.15) is 5.82 Å². The van der Waals surface area contributed by atoms with Crippen molar-refractivity contribution in [2.75, 3.05) is 5.32 Å². The Bertz CT molecular complexity index is 880. The Hall–Kier alpha value is -2.10. The highest BCUT2D eigenvalue weighted by Crippen LogP contribution is 2.52. The number of carbonyl (C=O) groups is 1. The first-order valence-corrected chi connectivity index (χ1v) is 8.50. The van der Waals surface area contributed by atoms with Crippen molar-refractivity contribution in [1.29, 1.82) is 0 Å². The fourth-order valence-electron chi connectivity index (χ4n) is 2.86. The molecule has 1 aliphatic carbocycles. The first-order chi connectivity index (χ1) is 12.6. The van der Waals surface area contributed by atoms with Gasteiger partial charge in [-0.2, -0.15) is 13.2 Å². The Balaban J connectivity index is 1.81. The molecular weight excluding hydrogens is 408 g/mol. The van der Waals surface area contributed by atoms with Gasteiger partial charge in [0.05, 0.1) is 22.3 Å². The van der Waals surface area contributed by atoms with Gasteiger partial charge in [-0.25, -0.2) is 14.8 Å². The average Bonchev–Trinajstić information content (AvgIpc) is 2.96. The van der Waals surface area contributed by atoms with Crippen LogP contribution in [-0.2, 0) is 18.6 Å². The topological polar surface area (TPSA) is 87.1 Å². The molecule has 2 amide bonds. The Labute approximate surface area is 161 Å². The van der Waals surface area contributed by atoms with E-state index < -0.39 is 29.8 Å². The third-order valence-electron chi connectivity index (χ3n) is 4.24. The number of aromatic nitrogens is 2. The summed E-state index contributed by atoms with van der Waals surface area (Å²) >= 11 is 12.2. The number of benzene rings is 1. The number of hydrogen-bond donors (Lipinski definition) is 3. The molecule has 3 N–H and O–H groups in total.